The lowest BCUT2D eigenvalue weighted by molar-refractivity contribution is 0.0160. The van der Waals surface area contributed by atoms with Crippen molar-refractivity contribution in [3.05, 3.63) is 53.3 Å². The summed E-state index contributed by atoms with van der Waals surface area (Å²) in [6.45, 7) is 12.6. The van der Waals surface area contributed by atoms with Gasteiger partial charge in [0.05, 0.1) is 12.1 Å². The van der Waals surface area contributed by atoms with Gasteiger partial charge in [-0.05, 0) is 121 Å². The number of aromatic nitrogens is 2. The maximum absolute atomic E-state index is 12.7. The highest BCUT2D eigenvalue weighted by molar-refractivity contribution is 6.30. The van der Waals surface area contributed by atoms with E-state index in [1.807, 2.05) is 56.0 Å². The van der Waals surface area contributed by atoms with E-state index in [-0.39, 0.29) is 6.09 Å². The molecule has 5 rings (SSSR count). The van der Waals surface area contributed by atoms with Crippen molar-refractivity contribution in [2.75, 3.05) is 39.3 Å². The number of hydrogen-bond donors (Lipinski definition) is 0. The lowest BCUT2D eigenvalue weighted by Gasteiger charge is -2.34. The number of benzene rings is 2. The highest BCUT2D eigenvalue weighted by atomic mass is 35.5. The van der Waals surface area contributed by atoms with Gasteiger partial charge >= 0.3 is 6.09 Å². The number of hydrogen-bond acceptors (Lipinski definition) is 6. The fourth-order valence-electron chi connectivity index (χ4n) is 6.31. The van der Waals surface area contributed by atoms with Crippen molar-refractivity contribution in [3.63, 3.8) is 0 Å². The minimum atomic E-state index is -0.479. The summed E-state index contributed by atoms with van der Waals surface area (Å²) >= 11 is 6.08. The number of piperidine rings is 2. The number of amides is 1. The molecule has 1 atom stereocenters. The summed E-state index contributed by atoms with van der Waals surface area (Å²) in [4.78, 5) is 22.2. The molecule has 2 saturated heterocycles. The number of fused-ring (bicyclic) bond motifs is 1. The second-order valence-electron chi connectivity index (χ2n) is 13.2. The van der Waals surface area contributed by atoms with Gasteiger partial charge in [0.2, 0.25) is 0 Å². The molecule has 1 aromatic heterocycles. The average Bonchev–Trinajstić information content (AvgIpc) is 3.37. The summed E-state index contributed by atoms with van der Waals surface area (Å²) in [5, 5.41) is 0.680. The minimum absolute atomic E-state index is 0.201. The van der Waals surface area contributed by atoms with E-state index in [0.29, 0.717) is 24.2 Å². The van der Waals surface area contributed by atoms with Crippen LogP contribution in [-0.4, -0.2) is 70.4 Å². The molecule has 2 aliphatic heterocycles. The Morgan fingerprint density at radius 1 is 0.955 bits per heavy atom. The van der Waals surface area contributed by atoms with Crippen LogP contribution < -0.4 is 9.47 Å². The molecule has 0 N–H and O–H groups in total. The topological polar surface area (TPSA) is 69.1 Å². The van der Waals surface area contributed by atoms with Crippen LogP contribution in [0.2, 0.25) is 5.02 Å². The van der Waals surface area contributed by atoms with Gasteiger partial charge in [0.25, 0.3) is 0 Å². The van der Waals surface area contributed by atoms with Gasteiger partial charge < -0.3 is 28.6 Å². The number of halogens is 1. The van der Waals surface area contributed by atoms with E-state index in [1.165, 1.54) is 32.4 Å². The number of imidazole rings is 1. The third kappa shape index (κ3) is 9.27. The molecular weight excluding hydrogens is 576 g/mol. The zero-order chi connectivity index (χ0) is 30.9. The second-order valence-corrected chi connectivity index (χ2v) is 13.7. The first kappa shape index (κ1) is 32.4. The summed E-state index contributed by atoms with van der Waals surface area (Å²) in [6.07, 6.45) is 8.92. The van der Waals surface area contributed by atoms with Crippen molar-refractivity contribution in [2.24, 2.45) is 5.92 Å². The van der Waals surface area contributed by atoms with Crippen LogP contribution in [0.1, 0.15) is 78.0 Å². The maximum atomic E-state index is 12.7. The predicted octanol–water partition coefficient (Wildman–Crippen LogP) is 7.95. The summed E-state index contributed by atoms with van der Waals surface area (Å²) in [5.74, 6) is 2.91. The van der Waals surface area contributed by atoms with Crippen LogP contribution in [0.25, 0.3) is 11.0 Å². The van der Waals surface area contributed by atoms with E-state index in [0.717, 1.165) is 86.6 Å². The summed E-state index contributed by atoms with van der Waals surface area (Å²) in [6, 6.07) is 13.6. The first-order valence-electron chi connectivity index (χ1n) is 16.4. The molecule has 240 valence electrons. The van der Waals surface area contributed by atoms with Gasteiger partial charge in [0, 0.05) is 31.2 Å². The minimum Gasteiger partial charge on any atom is -0.491 e. The smallest absolute Gasteiger partial charge is 0.410 e. The number of rotatable bonds is 12. The fraction of sp³-hybridized carbons (Fsp3) is 0.600. The molecular formula is C35H49ClN4O4. The second kappa shape index (κ2) is 15.3. The number of aryl methyl sites for hydroxylation is 1. The number of carbonyl (C=O) groups excluding carboxylic acids is 1. The molecule has 3 aromatic rings. The highest BCUT2D eigenvalue weighted by Crippen LogP contribution is 2.29. The molecule has 0 saturated carbocycles. The Balaban J connectivity index is 1.24. The predicted molar refractivity (Wildman–Crippen MR) is 176 cm³/mol. The molecule has 1 amide bonds. The van der Waals surface area contributed by atoms with Crippen LogP contribution in [0.3, 0.4) is 0 Å². The monoisotopic (exact) mass is 624 g/mol. The number of para-hydroxylation sites is 1. The van der Waals surface area contributed by atoms with E-state index in [4.69, 9.17) is 30.8 Å². The summed E-state index contributed by atoms with van der Waals surface area (Å²) in [5.41, 5.74) is 1.47. The Labute approximate surface area is 267 Å². The SMILES string of the molecule is CC(C)(C)OC(=O)N1CCCC(CCCn2c(COc3ccc(Cl)cc3)nc3c(OCCCN4CCCCC4)cccc32)C1. The highest BCUT2D eigenvalue weighted by Gasteiger charge is 2.27. The van der Waals surface area contributed by atoms with Crippen molar-refractivity contribution in [1.82, 2.24) is 19.4 Å². The molecule has 2 aliphatic rings. The molecule has 0 bridgehead atoms. The van der Waals surface area contributed by atoms with Gasteiger partial charge in [-0.25, -0.2) is 9.78 Å². The number of carbonyl (C=O) groups is 1. The van der Waals surface area contributed by atoms with Gasteiger partial charge in [0.1, 0.15) is 35.0 Å². The zero-order valence-electron chi connectivity index (χ0n) is 26.7. The molecule has 0 radical (unpaired) electrons. The molecule has 8 nitrogen and oxygen atoms in total. The molecule has 2 aromatic carbocycles. The van der Waals surface area contributed by atoms with Crippen LogP contribution >= 0.6 is 11.6 Å². The van der Waals surface area contributed by atoms with Gasteiger partial charge in [-0.2, -0.15) is 0 Å². The first-order chi connectivity index (χ1) is 21.2. The van der Waals surface area contributed by atoms with E-state index in [2.05, 4.69) is 21.6 Å². The zero-order valence-corrected chi connectivity index (χ0v) is 27.5. The van der Waals surface area contributed by atoms with Crippen LogP contribution in [0.4, 0.5) is 4.79 Å². The molecule has 9 heteroatoms. The molecule has 2 fully saturated rings. The standard InChI is InChI=1S/C35H49ClN4O4/c1-35(2,3)44-34(41)39-22-8-11-27(25-39)12-9-23-40-30-13-7-14-31(42-24-10-21-38-19-5-4-6-20-38)33(30)37-32(40)26-43-29-17-15-28(36)16-18-29/h7,13-18,27H,4-6,8-12,19-26H2,1-3H3. The average molecular weight is 625 g/mol. The third-order valence-electron chi connectivity index (χ3n) is 8.49. The van der Waals surface area contributed by atoms with Crippen molar-refractivity contribution in [2.45, 2.75) is 90.9 Å². The van der Waals surface area contributed by atoms with Crippen LogP contribution in [0.15, 0.2) is 42.5 Å². The van der Waals surface area contributed by atoms with Crippen LogP contribution in [0.5, 0.6) is 11.5 Å². The molecule has 0 spiro atoms. The molecule has 0 aliphatic carbocycles. The number of likely N-dealkylation sites (tertiary alicyclic amines) is 2. The van der Waals surface area contributed by atoms with Gasteiger partial charge in [-0.15, -0.1) is 0 Å². The Morgan fingerprint density at radius 3 is 2.52 bits per heavy atom. The maximum Gasteiger partial charge on any atom is 0.410 e. The van der Waals surface area contributed by atoms with Crippen molar-refractivity contribution in [3.8, 4) is 11.5 Å². The van der Waals surface area contributed by atoms with Gasteiger partial charge in [0.15, 0.2) is 0 Å². The van der Waals surface area contributed by atoms with E-state index < -0.39 is 5.60 Å². The molecule has 3 heterocycles. The van der Waals surface area contributed by atoms with Crippen LogP contribution in [-0.2, 0) is 17.9 Å². The Bertz CT molecular complexity index is 1350. The van der Waals surface area contributed by atoms with E-state index in [9.17, 15) is 4.79 Å². The first-order valence-corrected chi connectivity index (χ1v) is 16.8. The van der Waals surface area contributed by atoms with Crippen molar-refractivity contribution >= 4 is 28.7 Å². The third-order valence-corrected chi connectivity index (χ3v) is 8.74. The van der Waals surface area contributed by atoms with Crippen molar-refractivity contribution in [1.29, 1.82) is 0 Å². The normalized spacial score (nSPS) is 18.0. The number of nitrogens with zero attached hydrogens (tertiary/aromatic N) is 4. The number of ether oxygens (including phenoxy) is 3. The lowest BCUT2D eigenvalue weighted by atomic mass is 9.93. The van der Waals surface area contributed by atoms with Gasteiger partial charge in [-0.1, -0.05) is 24.1 Å². The molecule has 1 unspecified atom stereocenters. The summed E-state index contributed by atoms with van der Waals surface area (Å²) in [7, 11) is 0. The van der Waals surface area contributed by atoms with E-state index >= 15 is 0 Å². The Hall–Kier alpha value is -2.97. The Morgan fingerprint density at radius 2 is 1.75 bits per heavy atom. The van der Waals surface area contributed by atoms with Gasteiger partial charge in [-0.3, -0.25) is 0 Å². The summed E-state index contributed by atoms with van der Waals surface area (Å²) < 4.78 is 20.4. The van der Waals surface area contributed by atoms with Crippen molar-refractivity contribution < 1.29 is 19.0 Å². The quantitative estimate of drug-likeness (QED) is 0.191. The lowest BCUT2D eigenvalue weighted by Crippen LogP contribution is -2.42. The Kier molecular flexibility index (Phi) is 11.3. The largest absolute Gasteiger partial charge is 0.491 e. The van der Waals surface area contributed by atoms with E-state index in [1.54, 1.807) is 0 Å². The molecule has 44 heavy (non-hydrogen) atoms. The fourth-order valence-corrected chi connectivity index (χ4v) is 6.43. The van der Waals surface area contributed by atoms with Crippen LogP contribution in [0, 0.1) is 5.92 Å².